The highest BCUT2D eigenvalue weighted by Crippen LogP contribution is 2.15. The second-order valence-electron chi connectivity index (χ2n) is 2.99. The average molecular weight is 252 g/mol. The van der Waals surface area contributed by atoms with E-state index in [0.29, 0.717) is 10.6 Å². The predicted molar refractivity (Wildman–Crippen MR) is 65.2 cm³/mol. The van der Waals surface area contributed by atoms with Gasteiger partial charge in [0.2, 0.25) is 0 Å². The van der Waals surface area contributed by atoms with Crippen molar-refractivity contribution in [3.63, 3.8) is 0 Å². The van der Waals surface area contributed by atoms with E-state index in [1.807, 2.05) is 0 Å². The molecule has 0 unspecified atom stereocenters. The molecule has 0 spiro atoms. The van der Waals surface area contributed by atoms with Crippen molar-refractivity contribution >= 4 is 23.6 Å². The van der Waals surface area contributed by atoms with E-state index in [9.17, 15) is 4.79 Å². The molecule has 6 heteroatoms. The van der Waals surface area contributed by atoms with Gasteiger partial charge in [0.15, 0.2) is 0 Å². The Labute approximate surface area is 103 Å². The molecule has 0 heterocycles. The first-order chi connectivity index (χ1) is 8.17. The van der Waals surface area contributed by atoms with E-state index in [1.54, 1.807) is 31.2 Å². The average Bonchev–Trinajstić information content (AvgIpc) is 2.29. The Bertz CT molecular complexity index is 493. The monoisotopic (exact) mass is 251 g/mol. The summed E-state index contributed by atoms with van der Waals surface area (Å²) < 4.78 is 4.75. The number of halogens is 1. The second kappa shape index (κ2) is 6.58. The normalized spacial score (nSPS) is 10.6. The minimum atomic E-state index is -0.662. The Morgan fingerprint density at radius 1 is 1.65 bits per heavy atom. The van der Waals surface area contributed by atoms with Gasteiger partial charge in [-0.2, -0.15) is 0 Å². The van der Waals surface area contributed by atoms with Crippen LogP contribution in [0.2, 0.25) is 5.02 Å². The number of benzene rings is 1. The Morgan fingerprint density at radius 2 is 2.41 bits per heavy atom. The van der Waals surface area contributed by atoms with Gasteiger partial charge in [0.1, 0.15) is 5.70 Å². The van der Waals surface area contributed by atoms with Crippen LogP contribution in [0.3, 0.4) is 0 Å². The number of hydrogen-bond donors (Lipinski definition) is 0. The molecular weight excluding hydrogens is 242 g/mol. The van der Waals surface area contributed by atoms with Crippen LogP contribution in [0.1, 0.15) is 12.5 Å². The van der Waals surface area contributed by atoms with Crippen molar-refractivity contribution in [3.05, 3.63) is 51.0 Å². The van der Waals surface area contributed by atoms with Crippen LogP contribution < -0.4 is 0 Å². The third-order valence-corrected chi connectivity index (χ3v) is 2.02. The third kappa shape index (κ3) is 4.18. The van der Waals surface area contributed by atoms with Gasteiger partial charge in [-0.15, -0.1) is 0 Å². The van der Waals surface area contributed by atoms with Crippen molar-refractivity contribution in [1.29, 1.82) is 0 Å². The highest BCUT2D eigenvalue weighted by molar-refractivity contribution is 6.30. The van der Waals surface area contributed by atoms with Gasteiger partial charge in [0.25, 0.3) is 0 Å². The Hall–Kier alpha value is -1.97. The van der Waals surface area contributed by atoms with Gasteiger partial charge in [-0.3, -0.25) is 0 Å². The molecule has 0 aliphatic rings. The maximum Gasteiger partial charge on any atom is 0.340 e. The zero-order chi connectivity index (χ0) is 12.7. The number of rotatable bonds is 4. The highest BCUT2D eigenvalue weighted by atomic mass is 35.5. The van der Waals surface area contributed by atoms with E-state index >= 15 is 0 Å². The first-order valence-corrected chi connectivity index (χ1v) is 5.24. The van der Waals surface area contributed by atoms with Crippen LogP contribution in [0.5, 0.6) is 0 Å². The molecular formula is C11H10ClN3O2. The fourth-order valence-corrected chi connectivity index (χ4v) is 1.33. The van der Waals surface area contributed by atoms with Crippen LogP contribution in [-0.2, 0) is 9.53 Å². The van der Waals surface area contributed by atoms with E-state index in [1.165, 1.54) is 6.08 Å². The summed E-state index contributed by atoms with van der Waals surface area (Å²) in [7, 11) is 0. The lowest BCUT2D eigenvalue weighted by Gasteiger charge is -2.01. The van der Waals surface area contributed by atoms with Gasteiger partial charge in [-0.05, 0) is 36.2 Å². The molecule has 0 fully saturated rings. The SMILES string of the molecule is CCOC(=O)/C(=C/c1cccc(Cl)c1)N=[N+]=[N-]. The molecule has 0 N–H and O–H groups in total. The lowest BCUT2D eigenvalue weighted by molar-refractivity contribution is -0.138. The van der Waals surface area contributed by atoms with Gasteiger partial charge in [0, 0.05) is 9.93 Å². The van der Waals surface area contributed by atoms with Gasteiger partial charge in [-0.25, -0.2) is 4.79 Å². The summed E-state index contributed by atoms with van der Waals surface area (Å²) >= 11 is 5.80. The first kappa shape index (κ1) is 13.1. The Kier molecular flexibility index (Phi) is 5.07. The molecule has 88 valence electrons. The van der Waals surface area contributed by atoms with Crippen molar-refractivity contribution < 1.29 is 9.53 Å². The molecule has 0 saturated heterocycles. The fourth-order valence-electron chi connectivity index (χ4n) is 1.14. The summed E-state index contributed by atoms with van der Waals surface area (Å²) in [5.74, 6) is -0.662. The molecule has 0 bridgehead atoms. The first-order valence-electron chi connectivity index (χ1n) is 4.87. The summed E-state index contributed by atoms with van der Waals surface area (Å²) in [5, 5.41) is 3.82. The zero-order valence-corrected chi connectivity index (χ0v) is 9.89. The summed E-state index contributed by atoms with van der Waals surface area (Å²) in [4.78, 5) is 14.0. The summed E-state index contributed by atoms with van der Waals surface area (Å²) in [6, 6.07) is 6.81. The lowest BCUT2D eigenvalue weighted by atomic mass is 10.2. The van der Waals surface area contributed by atoms with Gasteiger partial charge in [0.05, 0.1) is 6.61 Å². The summed E-state index contributed by atoms with van der Waals surface area (Å²) in [5.41, 5.74) is 8.93. The number of esters is 1. The van der Waals surface area contributed by atoms with Crippen LogP contribution in [0, 0.1) is 0 Å². The molecule has 0 atom stereocenters. The molecule has 0 amide bonds. The third-order valence-electron chi connectivity index (χ3n) is 1.79. The van der Waals surface area contributed by atoms with Crippen LogP contribution in [0.25, 0.3) is 16.5 Å². The number of ether oxygens (including phenoxy) is 1. The fraction of sp³-hybridized carbons (Fsp3) is 0.182. The largest absolute Gasteiger partial charge is 0.462 e. The maximum absolute atomic E-state index is 11.4. The minimum absolute atomic E-state index is 0.100. The molecule has 5 nitrogen and oxygen atoms in total. The Morgan fingerprint density at radius 3 is 3.00 bits per heavy atom. The van der Waals surface area contributed by atoms with Crippen molar-refractivity contribution in [2.45, 2.75) is 6.92 Å². The highest BCUT2D eigenvalue weighted by Gasteiger charge is 2.08. The second-order valence-corrected chi connectivity index (χ2v) is 3.43. The van der Waals surface area contributed by atoms with E-state index in [-0.39, 0.29) is 12.3 Å². The van der Waals surface area contributed by atoms with Gasteiger partial charge < -0.3 is 4.74 Å². The standard InChI is InChI=1S/C11H10ClN3O2/c1-2-17-11(16)10(14-15-13)7-8-4-3-5-9(12)6-8/h3-7H,2H2,1H3/b10-7-. The molecule has 1 rings (SSSR count). The molecule has 17 heavy (non-hydrogen) atoms. The molecule has 0 saturated carbocycles. The van der Waals surface area contributed by atoms with Crippen LogP contribution in [-0.4, -0.2) is 12.6 Å². The lowest BCUT2D eigenvalue weighted by Crippen LogP contribution is -2.05. The van der Waals surface area contributed by atoms with E-state index < -0.39 is 5.97 Å². The zero-order valence-electron chi connectivity index (χ0n) is 9.13. The Balaban J connectivity index is 3.05. The summed E-state index contributed by atoms with van der Waals surface area (Å²) in [6.07, 6.45) is 1.42. The van der Waals surface area contributed by atoms with Crippen LogP contribution in [0.15, 0.2) is 35.1 Å². The van der Waals surface area contributed by atoms with E-state index in [2.05, 4.69) is 10.0 Å². The molecule has 0 radical (unpaired) electrons. The van der Waals surface area contributed by atoms with Crippen molar-refractivity contribution in [2.75, 3.05) is 6.61 Å². The van der Waals surface area contributed by atoms with Gasteiger partial charge in [-0.1, -0.05) is 28.8 Å². The predicted octanol–water partition coefficient (Wildman–Crippen LogP) is 3.55. The van der Waals surface area contributed by atoms with E-state index in [4.69, 9.17) is 21.9 Å². The van der Waals surface area contributed by atoms with Crippen LogP contribution in [0.4, 0.5) is 0 Å². The molecule has 0 aliphatic heterocycles. The molecule has 0 aromatic heterocycles. The number of carbonyl (C=O) groups excluding carboxylic acids is 1. The number of carbonyl (C=O) groups is 1. The van der Waals surface area contributed by atoms with Gasteiger partial charge >= 0.3 is 5.97 Å². The minimum Gasteiger partial charge on any atom is -0.462 e. The van der Waals surface area contributed by atoms with E-state index in [0.717, 1.165) is 0 Å². The quantitative estimate of drug-likeness (QED) is 0.270. The van der Waals surface area contributed by atoms with Crippen molar-refractivity contribution in [1.82, 2.24) is 0 Å². The van der Waals surface area contributed by atoms with Crippen LogP contribution >= 0.6 is 11.6 Å². The molecule has 1 aromatic carbocycles. The molecule has 1 aromatic rings. The number of nitrogens with zero attached hydrogens (tertiary/aromatic N) is 3. The smallest absolute Gasteiger partial charge is 0.340 e. The maximum atomic E-state index is 11.4. The molecule has 0 aliphatic carbocycles. The van der Waals surface area contributed by atoms with Crippen molar-refractivity contribution in [3.8, 4) is 0 Å². The van der Waals surface area contributed by atoms with Crippen molar-refractivity contribution in [2.24, 2.45) is 5.11 Å². The topological polar surface area (TPSA) is 75.1 Å². The number of azide groups is 1. The summed E-state index contributed by atoms with van der Waals surface area (Å²) in [6.45, 7) is 1.89. The number of hydrogen-bond acceptors (Lipinski definition) is 3.